The van der Waals surface area contributed by atoms with E-state index in [9.17, 15) is 0 Å². The molecule has 188 valence electrons. The monoisotopic (exact) mass is 437 g/mol. The second-order valence-electron chi connectivity index (χ2n) is 11.7. The quantitative estimate of drug-likeness (QED) is 0.125. The summed E-state index contributed by atoms with van der Waals surface area (Å²) in [6, 6.07) is 0. The van der Waals surface area contributed by atoms with E-state index in [1.54, 1.807) is 0 Å². The Hall–Kier alpha value is 0. The van der Waals surface area contributed by atoms with Gasteiger partial charge in [-0.15, -0.1) is 0 Å². The zero-order valence-corrected chi connectivity index (χ0v) is 23.0. The van der Waals surface area contributed by atoms with E-state index in [0.29, 0.717) is 5.41 Å². The van der Waals surface area contributed by atoms with Gasteiger partial charge in [0.25, 0.3) is 0 Å². The second kappa shape index (κ2) is 23.2. The molecule has 0 N–H and O–H groups in total. The van der Waals surface area contributed by atoms with Crippen molar-refractivity contribution in [2.75, 3.05) is 0 Å². The van der Waals surface area contributed by atoms with E-state index in [-0.39, 0.29) is 0 Å². The molecule has 0 radical (unpaired) electrons. The van der Waals surface area contributed by atoms with Crippen LogP contribution < -0.4 is 0 Å². The van der Waals surface area contributed by atoms with E-state index in [4.69, 9.17) is 0 Å². The summed E-state index contributed by atoms with van der Waals surface area (Å²) in [5, 5.41) is 0. The number of hydrogen-bond donors (Lipinski definition) is 0. The Morgan fingerprint density at radius 2 is 0.742 bits per heavy atom. The van der Waals surface area contributed by atoms with Gasteiger partial charge in [-0.25, -0.2) is 0 Å². The van der Waals surface area contributed by atoms with Gasteiger partial charge in [0.1, 0.15) is 0 Å². The molecule has 0 heterocycles. The lowest BCUT2D eigenvalue weighted by molar-refractivity contribution is 0.273. The number of hydrogen-bond acceptors (Lipinski definition) is 0. The Bertz CT molecular complexity index is 329. The van der Waals surface area contributed by atoms with Crippen LogP contribution in [0.2, 0.25) is 0 Å². The van der Waals surface area contributed by atoms with E-state index < -0.39 is 0 Å². The molecule has 0 aromatic rings. The van der Waals surface area contributed by atoms with Gasteiger partial charge in [0, 0.05) is 0 Å². The maximum Gasteiger partial charge on any atom is -0.0354 e. The number of unbranched alkanes of at least 4 members (excludes halogenated alkanes) is 17. The summed E-state index contributed by atoms with van der Waals surface area (Å²) in [4.78, 5) is 0. The summed E-state index contributed by atoms with van der Waals surface area (Å²) in [7, 11) is 0. The van der Waals surface area contributed by atoms with Crippen LogP contribution in [-0.2, 0) is 0 Å². The summed E-state index contributed by atoms with van der Waals surface area (Å²) < 4.78 is 0. The maximum atomic E-state index is 2.51. The molecule has 0 spiro atoms. The zero-order chi connectivity index (χ0) is 23.0. The third-order valence-electron chi connectivity index (χ3n) is 7.56. The van der Waals surface area contributed by atoms with Crippen molar-refractivity contribution < 1.29 is 0 Å². The first kappa shape index (κ1) is 31.0. The smallest absolute Gasteiger partial charge is 0.0354 e. The van der Waals surface area contributed by atoms with Gasteiger partial charge >= 0.3 is 0 Å². The van der Waals surface area contributed by atoms with Crippen molar-refractivity contribution in [3.05, 3.63) is 0 Å². The molecule has 1 unspecified atom stereocenters. The van der Waals surface area contributed by atoms with Gasteiger partial charge in [0.15, 0.2) is 0 Å². The molecule has 1 atom stereocenters. The largest absolute Gasteiger partial charge is 0.0654 e. The van der Waals surface area contributed by atoms with E-state index >= 15 is 0 Å². The topological polar surface area (TPSA) is 0 Å². The van der Waals surface area contributed by atoms with Crippen LogP contribution in [0.1, 0.15) is 189 Å². The fourth-order valence-corrected chi connectivity index (χ4v) is 5.09. The molecule has 31 heavy (non-hydrogen) atoms. The van der Waals surface area contributed by atoms with Crippen LogP contribution in [0.4, 0.5) is 0 Å². The molecular formula is C31H64. The van der Waals surface area contributed by atoms with E-state index in [0.717, 1.165) is 5.92 Å². The van der Waals surface area contributed by atoms with Gasteiger partial charge in [-0.2, -0.15) is 0 Å². The lowest BCUT2D eigenvalue weighted by Gasteiger charge is -2.25. The molecule has 0 rings (SSSR count). The average Bonchev–Trinajstić information content (AvgIpc) is 2.73. The lowest BCUT2D eigenvalue weighted by Crippen LogP contribution is -2.11. The van der Waals surface area contributed by atoms with Crippen LogP contribution in [-0.4, -0.2) is 0 Å². The molecule has 0 aromatic carbocycles. The van der Waals surface area contributed by atoms with Crippen molar-refractivity contribution >= 4 is 0 Å². The van der Waals surface area contributed by atoms with Crippen molar-refractivity contribution in [1.82, 2.24) is 0 Å². The molecule has 0 nitrogen and oxygen atoms in total. The Morgan fingerprint density at radius 3 is 1.19 bits per heavy atom. The van der Waals surface area contributed by atoms with Crippen LogP contribution >= 0.6 is 0 Å². The van der Waals surface area contributed by atoms with Crippen molar-refractivity contribution in [3.63, 3.8) is 0 Å². The van der Waals surface area contributed by atoms with E-state index in [1.807, 2.05) is 0 Å². The fourth-order valence-electron chi connectivity index (χ4n) is 5.09. The summed E-state index contributed by atoms with van der Waals surface area (Å²) in [6.45, 7) is 12.1. The van der Waals surface area contributed by atoms with Crippen LogP contribution in [0.5, 0.6) is 0 Å². The zero-order valence-electron chi connectivity index (χ0n) is 23.0. The Balaban J connectivity index is 3.36. The molecule has 0 aliphatic rings. The molecule has 0 aliphatic carbocycles. The van der Waals surface area contributed by atoms with Crippen LogP contribution in [0.3, 0.4) is 0 Å². The minimum Gasteiger partial charge on any atom is -0.0654 e. The molecule has 0 saturated heterocycles. The third-order valence-corrected chi connectivity index (χ3v) is 7.56. The van der Waals surface area contributed by atoms with Crippen LogP contribution in [0, 0.1) is 11.3 Å². The second-order valence-corrected chi connectivity index (χ2v) is 11.7. The molecule has 0 saturated carbocycles. The highest BCUT2D eigenvalue weighted by Gasteiger charge is 2.17. The highest BCUT2D eigenvalue weighted by molar-refractivity contribution is 4.69. The molecule has 0 heteroatoms. The predicted molar refractivity (Wildman–Crippen MR) is 145 cm³/mol. The first-order valence-electron chi connectivity index (χ1n) is 15.0. The van der Waals surface area contributed by atoms with Crippen molar-refractivity contribution in [2.24, 2.45) is 11.3 Å². The standard InChI is InChI=1S/C31H64/c1-6-8-10-12-13-14-15-16-17-18-19-20-21-23-26-30(3)27-25-29-31(4,5)28-24-22-11-9-7-2/h30H,6-29H2,1-5H3. The highest BCUT2D eigenvalue weighted by atomic mass is 14.2. The number of rotatable bonds is 25. The normalized spacial score (nSPS) is 13.1. The van der Waals surface area contributed by atoms with Gasteiger partial charge in [-0.3, -0.25) is 0 Å². The molecule has 0 fully saturated rings. The van der Waals surface area contributed by atoms with Crippen LogP contribution in [0.25, 0.3) is 0 Å². The third kappa shape index (κ3) is 24.5. The first-order chi connectivity index (χ1) is 15.0. The van der Waals surface area contributed by atoms with E-state index in [1.165, 1.54) is 154 Å². The average molecular weight is 437 g/mol. The molecule has 0 bridgehead atoms. The summed E-state index contributed by atoms with van der Waals surface area (Å²) in [5.74, 6) is 0.942. The Kier molecular flexibility index (Phi) is 23.2. The predicted octanol–water partition coefficient (Wildman–Crippen LogP) is 12.1. The Labute approximate surface area is 200 Å². The molecule has 0 amide bonds. The molecular weight excluding hydrogens is 372 g/mol. The van der Waals surface area contributed by atoms with Gasteiger partial charge < -0.3 is 0 Å². The van der Waals surface area contributed by atoms with Gasteiger partial charge in [-0.05, 0) is 24.2 Å². The summed E-state index contributed by atoms with van der Waals surface area (Å²) >= 11 is 0. The van der Waals surface area contributed by atoms with Crippen molar-refractivity contribution in [1.29, 1.82) is 0 Å². The molecule has 0 aromatic heterocycles. The highest BCUT2D eigenvalue weighted by Crippen LogP contribution is 2.31. The van der Waals surface area contributed by atoms with Gasteiger partial charge in [-0.1, -0.05) is 176 Å². The lowest BCUT2D eigenvalue weighted by atomic mass is 9.81. The van der Waals surface area contributed by atoms with Gasteiger partial charge in [0.05, 0.1) is 0 Å². The summed E-state index contributed by atoms with van der Waals surface area (Å²) in [6.07, 6.45) is 34.9. The van der Waals surface area contributed by atoms with Crippen LogP contribution in [0.15, 0.2) is 0 Å². The fraction of sp³-hybridized carbons (Fsp3) is 1.00. The summed E-state index contributed by atoms with van der Waals surface area (Å²) in [5.41, 5.74) is 0.570. The van der Waals surface area contributed by atoms with E-state index in [2.05, 4.69) is 34.6 Å². The SMILES string of the molecule is CCCCCCCCCCCCCCCCC(C)CCCC(C)(C)CCCCCCC. The minimum atomic E-state index is 0.570. The maximum absolute atomic E-state index is 2.51. The van der Waals surface area contributed by atoms with Crippen molar-refractivity contribution in [3.8, 4) is 0 Å². The first-order valence-corrected chi connectivity index (χ1v) is 15.0. The Morgan fingerprint density at radius 1 is 0.419 bits per heavy atom. The van der Waals surface area contributed by atoms with Gasteiger partial charge in [0.2, 0.25) is 0 Å². The molecule has 0 aliphatic heterocycles. The van der Waals surface area contributed by atoms with Crippen molar-refractivity contribution in [2.45, 2.75) is 189 Å². The minimum absolute atomic E-state index is 0.570.